The molecule has 0 aliphatic carbocycles. The molecule has 0 fully saturated rings. The quantitative estimate of drug-likeness (QED) is 0.695. The summed E-state index contributed by atoms with van der Waals surface area (Å²) in [6.45, 7) is 8.25. The molecule has 6 nitrogen and oxygen atoms in total. The summed E-state index contributed by atoms with van der Waals surface area (Å²) in [5.41, 5.74) is 0.442. The fraction of sp³-hybridized carbons (Fsp3) is 0.579. The van der Waals surface area contributed by atoms with E-state index in [-0.39, 0.29) is 12.6 Å². The molecule has 0 aromatic heterocycles. The van der Waals surface area contributed by atoms with Crippen molar-refractivity contribution < 1.29 is 19.1 Å². The van der Waals surface area contributed by atoms with Gasteiger partial charge in [-0.15, -0.1) is 0 Å². The Morgan fingerprint density at radius 3 is 2.40 bits per heavy atom. The largest absolute Gasteiger partial charge is 0.445 e. The average molecular weight is 350 g/mol. The average Bonchev–Trinajstić information content (AvgIpc) is 2.55. The van der Waals surface area contributed by atoms with E-state index in [1.807, 2.05) is 58.0 Å². The summed E-state index contributed by atoms with van der Waals surface area (Å²) >= 11 is 0. The third-order valence-electron chi connectivity index (χ3n) is 3.43. The summed E-state index contributed by atoms with van der Waals surface area (Å²) in [6, 6.07) is 9.55. The molecule has 0 unspecified atom stereocenters. The standard InChI is InChI=1S/C19H30N2O4/c1-5-16(21-18(23)25-19(2,3)4)12-9-13-20-17(22)24-14-15-10-7-6-8-11-15/h6-8,10-11,16H,5,9,12-14H2,1-4H3,(H,20,22)(H,21,23)/t16-/m0/s1. The van der Waals surface area contributed by atoms with Crippen LogP contribution in [-0.4, -0.2) is 30.4 Å². The van der Waals surface area contributed by atoms with Crippen LogP contribution in [0.2, 0.25) is 0 Å². The van der Waals surface area contributed by atoms with Gasteiger partial charge in [0.1, 0.15) is 12.2 Å². The van der Waals surface area contributed by atoms with Crippen LogP contribution in [0.5, 0.6) is 0 Å². The van der Waals surface area contributed by atoms with Gasteiger partial charge in [-0.3, -0.25) is 0 Å². The highest BCUT2D eigenvalue weighted by Crippen LogP contribution is 2.08. The Morgan fingerprint density at radius 1 is 1.12 bits per heavy atom. The predicted octanol–water partition coefficient (Wildman–Crippen LogP) is 4.00. The highest BCUT2D eigenvalue weighted by atomic mass is 16.6. The van der Waals surface area contributed by atoms with E-state index in [0.717, 1.165) is 24.8 Å². The zero-order chi connectivity index (χ0) is 18.7. The van der Waals surface area contributed by atoms with Crippen LogP contribution < -0.4 is 10.6 Å². The number of rotatable bonds is 8. The van der Waals surface area contributed by atoms with E-state index < -0.39 is 17.8 Å². The topological polar surface area (TPSA) is 76.7 Å². The van der Waals surface area contributed by atoms with Crippen molar-refractivity contribution >= 4 is 12.2 Å². The minimum absolute atomic E-state index is 0.0250. The van der Waals surface area contributed by atoms with Crippen LogP contribution >= 0.6 is 0 Å². The van der Waals surface area contributed by atoms with Crippen molar-refractivity contribution in [2.75, 3.05) is 6.54 Å². The normalized spacial score (nSPS) is 12.2. The molecular formula is C19H30N2O4. The zero-order valence-corrected chi connectivity index (χ0v) is 15.6. The lowest BCUT2D eigenvalue weighted by molar-refractivity contribution is 0.0499. The van der Waals surface area contributed by atoms with Crippen molar-refractivity contribution in [3.63, 3.8) is 0 Å². The fourth-order valence-electron chi connectivity index (χ4n) is 2.17. The van der Waals surface area contributed by atoms with E-state index >= 15 is 0 Å². The first-order valence-electron chi connectivity index (χ1n) is 8.74. The Bertz CT molecular complexity index is 526. The summed E-state index contributed by atoms with van der Waals surface area (Å²) in [4.78, 5) is 23.4. The number of alkyl carbamates (subject to hydrolysis) is 2. The molecule has 1 atom stereocenters. The summed E-state index contributed by atoms with van der Waals surface area (Å²) in [5.74, 6) is 0. The van der Waals surface area contributed by atoms with Gasteiger partial charge in [-0.1, -0.05) is 37.3 Å². The number of nitrogens with one attached hydrogen (secondary N) is 2. The highest BCUT2D eigenvalue weighted by molar-refractivity contribution is 5.68. The van der Waals surface area contributed by atoms with Crippen molar-refractivity contribution in [2.45, 2.75) is 65.2 Å². The molecule has 2 N–H and O–H groups in total. The van der Waals surface area contributed by atoms with E-state index in [0.29, 0.717) is 6.54 Å². The number of ether oxygens (including phenoxy) is 2. The fourth-order valence-corrected chi connectivity index (χ4v) is 2.17. The molecule has 25 heavy (non-hydrogen) atoms. The Labute approximate surface area is 150 Å². The maximum atomic E-state index is 11.8. The van der Waals surface area contributed by atoms with Gasteiger partial charge in [0.05, 0.1) is 0 Å². The van der Waals surface area contributed by atoms with Gasteiger partial charge in [-0.25, -0.2) is 9.59 Å². The predicted molar refractivity (Wildman–Crippen MR) is 97.3 cm³/mol. The van der Waals surface area contributed by atoms with E-state index in [2.05, 4.69) is 10.6 Å². The van der Waals surface area contributed by atoms with Gasteiger partial charge in [0.15, 0.2) is 0 Å². The molecule has 1 rings (SSSR count). The minimum Gasteiger partial charge on any atom is -0.445 e. The van der Waals surface area contributed by atoms with Crippen LogP contribution in [0.25, 0.3) is 0 Å². The molecule has 1 aromatic rings. The monoisotopic (exact) mass is 350 g/mol. The Morgan fingerprint density at radius 2 is 1.80 bits per heavy atom. The molecule has 0 radical (unpaired) electrons. The molecule has 1 aromatic carbocycles. The molecular weight excluding hydrogens is 320 g/mol. The number of hydrogen-bond donors (Lipinski definition) is 2. The molecule has 0 saturated carbocycles. The van der Waals surface area contributed by atoms with Crippen molar-refractivity contribution in [2.24, 2.45) is 0 Å². The maximum Gasteiger partial charge on any atom is 0.407 e. The van der Waals surface area contributed by atoms with Gasteiger partial charge in [-0.2, -0.15) is 0 Å². The number of benzene rings is 1. The first-order chi connectivity index (χ1) is 11.8. The van der Waals surface area contributed by atoms with Gasteiger partial charge < -0.3 is 20.1 Å². The molecule has 0 heterocycles. The Hall–Kier alpha value is -2.24. The minimum atomic E-state index is -0.507. The molecule has 6 heteroatoms. The number of hydrogen-bond acceptors (Lipinski definition) is 4. The van der Waals surface area contributed by atoms with Gasteiger partial charge in [0.2, 0.25) is 0 Å². The second-order valence-electron chi connectivity index (χ2n) is 6.88. The van der Waals surface area contributed by atoms with Crippen LogP contribution in [0.1, 0.15) is 52.5 Å². The van der Waals surface area contributed by atoms with Crippen molar-refractivity contribution in [3.8, 4) is 0 Å². The number of carbonyl (C=O) groups excluding carboxylic acids is 2. The van der Waals surface area contributed by atoms with Crippen LogP contribution in [-0.2, 0) is 16.1 Å². The molecule has 0 aliphatic heterocycles. The molecule has 0 aliphatic rings. The highest BCUT2D eigenvalue weighted by Gasteiger charge is 2.18. The van der Waals surface area contributed by atoms with Gasteiger partial charge in [0, 0.05) is 12.6 Å². The SMILES string of the molecule is CC[C@@H](CCCNC(=O)OCc1ccccc1)NC(=O)OC(C)(C)C. The van der Waals surface area contributed by atoms with E-state index in [1.165, 1.54) is 0 Å². The summed E-state index contributed by atoms with van der Waals surface area (Å²) in [5, 5.41) is 5.57. The third-order valence-corrected chi connectivity index (χ3v) is 3.43. The number of amides is 2. The van der Waals surface area contributed by atoms with Gasteiger partial charge >= 0.3 is 12.2 Å². The van der Waals surface area contributed by atoms with Crippen LogP contribution in [0, 0.1) is 0 Å². The molecule has 0 bridgehead atoms. The smallest absolute Gasteiger partial charge is 0.407 e. The van der Waals surface area contributed by atoms with Gasteiger partial charge in [0.25, 0.3) is 0 Å². The van der Waals surface area contributed by atoms with Crippen molar-refractivity contribution in [3.05, 3.63) is 35.9 Å². The lowest BCUT2D eigenvalue weighted by Crippen LogP contribution is -2.39. The Kier molecular flexibility index (Phi) is 8.81. The van der Waals surface area contributed by atoms with Crippen molar-refractivity contribution in [1.82, 2.24) is 10.6 Å². The maximum absolute atomic E-state index is 11.8. The van der Waals surface area contributed by atoms with Gasteiger partial charge in [-0.05, 0) is 45.6 Å². The lowest BCUT2D eigenvalue weighted by atomic mass is 10.1. The van der Waals surface area contributed by atoms with E-state index in [4.69, 9.17) is 9.47 Å². The summed E-state index contributed by atoms with van der Waals surface area (Å²) < 4.78 is 10.4. The molecule has 0 saturated heterocycles. The first kappa shape index (κ1) is 20.8. The summed E-state index contributed by atoms with van der Waals surface area (Å²) in [7, 11) is 0. The van der Waals surface area contributed by atoms with E-state index in [1.54, 1.807) is 0 Å². The van der Waals surface area contributed by atoms with Crippen LogP contribution in [0.15, 0.2) is 30.3 Å². The van der Waals surface area contributed by atoms with Crippen LogP contribution in [0.3, 0.4) is 0 Å². The van der Waals surface area contributed by atoms with E-state index in [9.17, 15) is 9.59 Å². The number of carbonyl (C=O) groups is 2. The second-order valence-corrected chi connectivity index (χ2v) is 6.88. The molecule has 2 amide bonds. The summed E-state index contributed by atoms with van der Waals surface area (Å²) in [6.07, 6.45) is 1.47. The third kappa shape index (κ3) is 10.3. The van der Waals surface area contributed by atoms with Crippen molar-refractivity contribution in [1.29, 1.82) is 0 Å². The lowest BCUT2D eigenvalue weighted by Gasteiger charge is -2.23. The first-order valence-corrected chi connectivity index (χ1v) is 8.74. The Balaban J connectivity index is 2.17. The zero-order valence-electron chi connectivity index (χ0n) is 15.6. The van der Waals surface area contributed by atoms with Crippen LogP contribution in [0.4, 0.5) is 9.59 Å². The molecule has 140 valence electrons. The second kappa shape index (κ2) is 10.6. The molecule has 0 spiro atoms.